The van der Waals surface area contributed by atoms with Crippen LogP contribution in [0.25, 0.3) is 10.1 Å². The molecule has 3 saturated carbocycles. The summed E-state index contributed by atoms with van der Waals surface area (Å²) in [7, 11) is -3.97. The fourth-order valence-electron chi connectivity index (χ4n) is 5.81. The van der Waals surface area contributed by atoms with Gasteiger partial charge in [0.1, 0.15) is 10.6 Å². The maximum absolute atomic E-state index is 13.4. The van der Waals surface area contributed by atoms with Gasteiger partial charge >= 0.3 is 10.1 Å². The number of carbonyl (C=O) groups is 1. The Morgan fingerprint density at radius 1 is 1.18 bits per heavy atom. The van der Waals surface area contributed by atoms with Crippen LogP contribution >= 0.6 is 11.3 Å². The van der Waals surface area contributed by atoms with Gasteiger partial charge < -0.3 is 14.6 Å². The summed E-state index contributed by atoms with van der Waals surface area (Å²) in [5, 5.41) is 15.3. The van der Waals surface area contributed by atoms with Crippen LogP contribution in [-0.4, -0.2) is 32.1 Å². The average molecular weight is 500 g/mol. The molecule has 4 atom stereocenters. The molecule has 3 aliphatic carbocycles. The Morgan fingerprint density at radius 3 is 2.65 bits per heavy atom. The van der Waals surface area contributed by atoms with Crippen LogP contribution in [0, 0.1) is 23.2 Å². The molecule has 180 valence electrons. The molecule has 2 bridgehead atoms. The van der Waals surface area contributed by atoms with Crippen molar-refractivity contribution in [3.63, 3.8) is 0 Å². The van der Waals surface area contributed by atoms with Crippen molar-refractivity contribution < 1.29 is 22.5 Å². The molecule has 2 aromatic carbocycles. The van der Waals surface area contributed by atoms with Crippen LogP contribution in [0.2, 0.25) is 0 Å². The summed E-state index contributed by atoms with van der Waals surface area (Å²) < 4.78 is 31.5. The van der Waals surface area contributed by atoms with Crippen molar-refractivity contribution in [2.75, 3.05) is 6.61 Å². The summed E-state index contributed by atoms with van der Waals surface area (Å²) in [4.78, 5) is 13.5. The summed E-state index contributed by atoms with van der Waals surface area (Å²) in [5.74, 6) is 1.32. The number of thiophene rings is 1. The van der Waals surface area contributed by atoms with E-state index in [4.69, 9.17) is 4.18 Å². The van der Waals surface area contributed by atoms with Crippen molar-refractivity contribution in [2.45, 2.75) is 44.0 Å². The average Bonchev–Trinajstić information content (AvgIpc) is 3.23. The largest absolute Gasteiger partial charge is 0.396 e. The minimum atomic E-state index is -3.97. The molecule has 3 aliphatic rings. The smallest absolute Gasteiger partial charge is 0.339 e. The first-order chi connectivity index (χ1) is 16.2. The van der Waals surface area contributed by atoms with Crippen LogP contribution in [-0.2, 0) is 10.1 Å². The van der Waals surface area contributed by atoms with Gasteiger partial charge in [0.2, 0.25) is 0 Å². The molecule has 6 nitrogen and oxygen atoms in total. The molecule has 0 unspecified atom stereocenters. The molecular weight excluding hydrogens is 470 g/mol. The Bertz CT molecular complexity index is 1320. The maximum atomic E-state index is 13.4. The second kappa shape index (κ2) is 8.66. The van der Waals surface area contributed by atoms with E-state index in [1.807, 2.05) is 5.38 Å². The number of amides is 1. The van der Waals surface area contributed by atoms with E-state index in [0.29, 0.717) is 29.2 Å². The molecule has 0 aliphatic heterocycles. The number of hydrogen-bond donors (Lipinski definition) is 2. The van der Waals surface area contributed by atoms with E-state index in [0.717, 1.165) is 17.5 Å². The van der Waals surface area contributed by atoms with Gasteiger partial charge in [-0.1, -0.05) is 32.0 Å². The van der Waals surface area contributed by atoms with Crippen LogP contribution < -0.4 is 9.50 Å². The number of carbonyl (C=O) groups excluding carboxylic acids is 1. The molecule has 0 saturated heterocycles. The van der Waals surface area contributed by atoms with Gasteiger partial charge in [-0.3, -0.25) is 4.79 Å². The van der Waals surface area contributed by atoms with Crippen molar-refractivity contribution in [1.82, 2.24) is 5.32 Å². The fourth-order valence-corrected chi connectivity index (χ4v) is 7.68. The van der Waals surface area contributed by atoms with Gasteiger partial charge in [-0.2, -0.15) is 8.42 Å². The molecule has 3 fully saturated rings. The van der Waals surface area contributed by atoms with Crippen LogP contribution in [0.4, 0.5) is 0 Å². The lowest BCUT2D eigenvalue weighted by molar-refractivity contribution is -0.114. The summed E-state index contributed by atoms with van der Waals surface area (Å²) >= 11 is 1.44. The number of fused-ring (bicyclic) bond motifs is 3. The van der Waals surface area contributed by atoms with Gasteiger partial charge in [0.25, 0.3) is 5.91 Å². The number of aliphatic hydroxyl groups excluding tert-OH is 1. The minimum absolute atomic E-state index is 0.0208. The second-order valence-corrected chi connectivity index (χ2v) is 12.5. The summed E-state index contributed by atoms with van der Waals surface area (Å²) in [6.45, 7) is 4.67. The monoisotopic (exact) mass is 499 g/mol. The lowest BCUT2D eigenvalue weighted by Gasteiger charge is -2.62. The van der Waals surface area contributed by atoms with Gasteiger partial charge in [-0.15, -0.1) is 11.3 Å². The highest BCUT2D eigenvalue weighted by atomic mass is 32.2. The predicted molar refractivity (Wildman–Crippen MR) is 133 cm³/mol. The third kappa shape index (κ3) is 4.01. The number of benzene rings is 2. The van der Waals surface area contributed by atoms with E-state index >= 15 is 0 Å². The Morgan fingerprint density at radius 2 is 1.94 bits per heavy atom. The standard InChI is InChI=1S/C26H29NO5S2/c1-26(2)17-12-16(10-11-28)24(22(26)13-17)27-25(29)21-15-33-23-9-8-18(14-20(21)23)32-34(30,31)19-6-4-3-5-7-19/h3-9,14-17,22,24,28H,10-13H2,1-2H3,(H,27,29)/t16-,17+,22+,24+/m0/s1. The highest BCUT2D eigenvalue weighted by Crippen LogP contribution is 2.61. The Hall–Kier alpha value is -2.42. The molecule has 6 rings (SSSR count). The highest BCUT2D eigenvalue weighted by Gasteiger charge is 2.57. The predicted octanol–water partition coefficient (Wildman–Crippen LogP) is 4.83. The van der Waals surface area contributed by atoms with E-state index in [1.165, 1.54) is 23.5 Å². The minimum Gasteiger partial charge on any atom is -0.396 e. The van der Waals surface area contributed by atoms with E-state index in [9.17, 15) is 18.3 Å². The van der Waals surface area contributed by atoms with E-state index in [-0.39, 0.29) is 40.5 Å². The summed E-state index contributed by atoms with van der Waals surface area (Å²) in [6.07, 6.45) is 2.82. The number of aliphatic hydroxyl groups is 1. The molecule has 1 amide bonds. The highest BCUT2D eigenvalue weighted by molar-refractivity contribution is 7.87. The lowest BCUT2D eigenvalue weighted by Crippen LogP contribution is -2.63. The third-order valence-electron chi connectivity index (χ3n) is 7.90. The molecule has 3 aromatic rings. The molecule has 0 radical (unpaired) electrons. The molecule has 8 heteroatoms. The second-order valence-electron chi connectivity index (χ2n) is 10.0. The Balaban J connectivity index is 1.40. The van der Waals surface area contributed by atoms with Gasteiger partial charge in [0.05, 0.1) is 5.56 Å². The van der Waals surface area contributed by atoms with E-state index in [2.05, 4.69) is 19.2 Å². The van der Waals surface area contributed by atoms with Crippen LogP contribution in [0.1, 0.15) is 43.5 Å². The quantitative estimate of drug-likeness (QED) is 0.454. The first-order valence-electron chi connectivity index (χ1n) is 11.6. The zero-order valence-corrected chi connectivity index (χ0v) is 20.9. The SMILES string of the molecule is CC1(C)[C@@H]2C[C@H](CCO)[C@@H](NC(=O)c3csc4ccc(OS(=O)(=O)c5ccccc5)cc34)[C@H]1C2. The molecule has 0 spiro atoms. The zero-order valence-electron chi connectivity index (χ0n) is 19.2. The molecular formula is C26H29NO5S2. The van der Waals surface area contributed by atoms with Crippen LogP contribution in [0.15, 0.2) is 58.8 Å². The van der Waals surface area contributed by atoms with E-state index < -0.39 is 10.1 Å². The third-order valence-corrected chi connectivity index (χ3v) is 10.1. The first-order valence-corrected chi connectivity index (χ1v) is 13.9. The molecule has 2 N–H and O–H groups in total. The van der Waals surface area contributed by atoms with Crippen molar-refractivity contribution in [3.05, 3.63) is 59.5 Å². The topological polar surface area (TPSA) is 92.7 Å². The van der Waals surface area contributed by atoms with Gasteiger partial charge in [0.15, 0.2) is 0 Å². The Labute approximate surface area is 204 Å². The van der Waals surface area contributed by atoms with Crippen molar-refractivity contribution in [1.29, 1.82) is 0 Å². The fraction of sp³-hybridized carbons (Fsp3) is 0.423. The van der Waals surface area contributed by atoms with Gasteiger partial charge in [-0.05, 0) is 72.8 Å². The zero-order chi connectivity index (χ0) is 24.1. The number of hydrogen-bond acceptors (Lipinski definition) is 6. The summed E-state index contributed by atoms with van der Waals surface area (Å²) in [6, 6.07) is 13.0. The van der Waals surface area contributed by atoms with Gasteiger partial charge in [-0.25, -0.2) is 0 Å². The normalized spacial score (nSPS) is 25.5. The van der Waals surface area contributed by atoms with Crippen molar-refractivity contribution >= 4 is 37.4 Å². The van der Waals surface area contributed by atoms with E-state index in [1.54, 1.807) is 36.4 Å². The van der Waals surface area contributed by atoms with Crippen molar-refractivity contribution in [3.8, 4) is 5.75 Å². The summed E-state index contributed by atoms with van der Waals surface area (Å²) in [5.41, 5.74) is 0.706. The molecule has 34 heavy (non-hydrogen) atoms. The molecule has 1 heterocycles. The van der Waals surface area contributed by atoms with Crippen molar-refractivity contribution in [2.24, 2.45) is 23.2 Å². The lowest BCUT2D eigenvalue weighted by atomic mass is 9.44. The number of nitrogens with one attached hydrogen (secondary N) is 1. The van der Waals surface area contributed by atoms with Crippen LogP contribution in [0.5, 0.6) is 5.75 Å². The maximum Gasteiger partial charge on any atom is 0.339 e. The Kier molecular flexibility index (Phi) is 5.94. The van der Waals surface area contributed by atoms with Gasteiger partial charge in [0, 0.05) is 28.1 Å². The number of rotatable bonds is 7. The first kappa shape index (κ1) is 23.3. The molecule has 1 aromatic heterocycles. The van der Waals surface area contributed by atoms with Crippen LogP contribution in [0.3, 0.4) is 0 Å².